The molecule has 1 heterocycles. The number of hydrogen-bond donors (Lipinski definition) is 2. The molecule has 3 rings (SSSR count). The van der Waals surface area contributed by atoms with Crippen LogP contribution in [0.25, 0.3) is 0 Å². The van der Waals surface area contributed by atoms with E-state index in [-0.39, 0.29) is 5.91 Å². The summed E-state index contributed by atoms with van der Waals surface area (Å²) in [6.07, 6.45) is 0. The van der Waals surface area contributed by atoms with E-state index in [4.69, 9.17) is 16.3 Å². The van der Waals surface area contributed by atoms with Gasteiger partial charge in [0.1, 0.15) is 23.1 Å². The summed E-state index contributed by atoms with van der Waals surface area (Å²) in [5.74, 6) is 1.62. The lowest BCUT2D eigenvalue weighted by atomic mass is 10.2. The Morgan fingerprint density at radius 1 is 1.07 bits per heavy atom. The number of benzene rings is 2. The fraction of sp³-hybridized carbons (Fsp3) is 0.190. The van der Waals surface area contributed by atoms with E-state index in [2.05, 4.69) is 20.6 Å². The molecule has 0 aliphatic heterocycles. The Labute approximate surface area is 168 Å². The van der Waals surface area contributed by atoms with Gasteiger partial charge in [0.2, 0.25) is 0 Å². The predicted molar refractivity (Wildman–Crippen MR) is 110 cm³/mol. The molecule has 0 aliphatic rings. The smallest absolute Gasteiger partial charge is 0.270 e. The van der Waals surface area contributed by atoms with Crippen molar-refractivity contribution < 1.29 is 9.53 Å². The monoisotopic (exact) mass is 396 g/mol. The summed E-state index contributed by atoms with van der Waals surface area (Å²) in [6, 6.07) is 16.7. The molecule has 0 saturated heterocycles. The molecule has 0 spiro atoms. The van der Waals surface area contributed by atoms with Gasteiger partial charge in [0.15, 0.2) is 0 Å². The summed E-state index contributed by atoms with van der Waals surface area (Å²) in [4.78, 5) is 21.1. The van der Waals surface area contributed by atoms with Gasteiger partial charge in [-0.3, -0.25) is 4.79 Å². The normalized spacial score (nSPS) is 10.4. The molecule has 144 valence electrons. The zero-order valence-electron chi connectivity index (χ0n) is 15.7. The van der Waals surface area contributed by atoms with Gasteiger partial charge in [-0.15, -0.1) is 0 Å². The Balaban J connectivity index is 1.66. The van der Waals surface area contributed by atoms with Crippen molar-refractivity contribution in [3.05, 3.63) is 82.3 Å². The number of nitrogens with one attached hydrogen (secondary N) is 2. The van der Waals surface area contributed by atoms with Crippen LogP contribution < -0.4 is 15.4 Å². The first kappa shape index (κ1) is 19.6. The minimum absolute atomic E-state index is 0.263. The number of anilines is 1. The number of carbonyl (C=O) groups is 1. The zero-order chi connectivity index (χ0) is 19.9. The maximum atomic E-state index is 12.5. The second kappa shape index (κ2) is 9.19. The van der Waals surface area contributed by atoms with Gasteiger partial charge in [0.05, 0.1) is 7.11 Å². The Hall–Kier alpha value is -3.12. The van der Waals surface area contributed by atoms with Crippen LogP contribution in [0, 0.1) is 6.92 Å². The molecule has 0 radical (unpaired) electrons. The van der Waals surface area contributed by atoms with E-state index in [1.807, 2.05) is 36.4 Å². The van der Waals surface area contributed by atoms with Gasteiger partial charge in [-0.05, 0) is 30.7 Å². The number of ether oxygens (including phenoxy) is 1. The quantitative estimate of drug-likeness (QED) is 0.631. The van der Waals surface area contributed by atoms with E-state index in [0.29, 0.717) is 35.4 Å². The molecular weight excluding hydrogens is 376 g/mol. The molecule has 28 heavy (non-hydrogen) atoms. The van der Waals surface area contributed by atoms with Crippen molar-refractivity contribution in [3.8, 4) is 5.75 Å². The lowest BCUT2D eigenvalue weighted by Gasteiger charge is -2.11. The fourth-order valence-corrected chi connectivity index (χ4v) is 2.81. The van der Waals surface area contributed by atoms with Gasteiger partial charge in [-0.2, -0.15) is 0 Å². The number of halogens is 1. The summed E-state index contributed by atoms with van der Waals surface area (Å²) in [5, 5.41) is 6.75. The van der Waals surface area contributed by atoms with Crippen LogP contribution >= 0.6 is 11.6 Å². The standard InChI is InChI=1S/C21H21ClN4O2/c1-14-25-18(21(27)24-12-15-7-9-17(22)10-8-15)11-20(26-14)23-13-16-5-3-4-6-19(16)28-2/h3-11H,12-13H2,1-2H3,(H,24,27)(H,23,25,26). The molecule has 0 unspecified atom stereocenters. The Morgan fingerprint density at radius 2 is 1.82 bits per heavy atom. The van der Waals surface area contributed by atoms with E-state index in [1.54, 1.807) is 32.2 Å². The number of carbonyl (C=O) groups excluding carboxylic acids is 1. The molecule has 0 atom stereocenters. The predicted octanol–water partition coefficient (Wildman–Crippen LogP) is 3.99. The highest BCUT2D eigenvalue weighted by molar-refractivity contribution is 6.30. The molecule has 1 aromatic heterocycles. The minimum Gasteiger partial charge on any atom is -0.496 e. The summed E-state index contributed by atoms with van der Waals surface area (Å²) in [6.45, 7) is 2.67. The van der Waals surface area contributed by atoms with Crippen LogP contribution in [0.3, 0.4) is 0 Å². The highest BCUT2D eigenvalue weighted by Gasteiger charge is 2.11. The highest BCUT2D eigenvalue weighted by atomic mass is 35.5. The van der Waals surface area contributed by atoms with Gasteiger partial charge < -0.3 is 15.4 Å². The molecule has 0 aliphatic carbocycles. The first-order chi connectivity index (χ1) is 13.5. The van der Waals surface area contributed by atoms with Crippen LogP contribution in [0.15, 0.2) is 54.6 Å². The molecule has 1 amide bonds. The van der Waals surface area contributed by atoms with E-state index in [1.165, 1.54) is 0 Å². The van der Waals surface area contributed by atoms with Crippen molar-refractivity contribution in [2.75, 3.05) is 12.4 Å². The average Bonchev–Trinajstić information content (AvgIpc) is 2.71. The van der Waals surface area contributed by atoms with Crippen LogP contribution in [-0.2, 0) is 13.1 Å². The number of rotatable bonds is 7. The zero-order valence-corrected chi connectivity index (χ0v) is 16.5. The fourth-order valence-electron chi connectivity index (χ4n) is 2.68. The molecule has 7 heteroatoms. The van der Waals surface area contributed by atoms with E-state index in [0.717, 1.165) is 16.9 Å². The second-order valence-corrected chi connectivity index (χ2v) is 6.60. The van der Waals surface area contributed by atoms with Crippen LogP contribution in [0.1, 0.15) is 27.4 Å². The summed E-state index contributed by atoms with van der Waals surface area (Å²) < 4.78 is 5.36. The molecule has 2 aromatic carbocycles. The molecule has 0 bridgehead atoms. The third-order valence-electron chi connectivity index (χ3n) is 4.09. The summed E-state index contributed by atoms with van der Waals surface area (Å²) in [7, 11) is 1.64. The first-order valence-corrected chi connectivity index (χ1v) is 9.17. The Bertz CT molecular complexity index is 961. The summed E-state index contributed by atoms with van der Waals surface area (Å²) in [5.41, 5.74) is 2.26. The maximum Gasteiger partial charge on any atom is 0.270 e. The van der Waals surface area contributed by atoms with E-state index < -0.39 is 0 Å². The topological polar surface area (TPSA) is 76.1 Å². The van der Waals surface area contributed by atoms with Gasteiger partial charge in [-0.25, -0.2) is 9.97 Å². The first-order valence-electron chi connectivity index (χ1n) is 8.79. The van der Waals surface area contributed by atoms with E-state index in [9.17, 15) is 4.79 Å². The lowest BCUT2D eigenvalue weighted by Crippen LogP contribution is -2.24. The van der Waals surface area contributed by atoms with Gasteiger partial charge in [-0.1, -0.05) is 41.9 Å². The summed E-state index contributed by atoms with van der Waals surface area (Å²) >= 11 is 5.88. The third kappa shape index (κ3) is 5.20. The number of amides is 1. The lowest BCUT2D eigenvalue weighted by molar-refractivity contribution is 0.0945. The van der Waals surface area contributed by atoms with Crippen molar-refractivity contribution in [2.45, 2.75) is 20.0 Å². The molecule has 6 nitrogen and oxygen atoms in total. The number of para-hydroxylation sites is 1. The van der Waals surface area contributed by atoms with Gasteiger partial charge >= 0.3 is 0 Å². The number of methoxy groups -OCH3 is 1. The van der Waals surface area contributed by atoms with Crippen molar-refractivity contribution >= 4 is 23.3 Å². The van der Waals surface area contributed by atoms with Crippen LogP contribution in [0.2, 0.25) is 5.02 Å². The van der Waals surface area contributed by atoms with Crippen molar-refractivity contribution in [2.24, 2.45) is 0 Å². The minimum atomic E-state index is -0.263. The number of aromatic nitrogens is 2. The Morgan fingerprint density at radius 3 is 2.57 bits per heavy atom. The SMILES string of the molecule is COc1ccccc1CNc1cc(C(=O)NCc2ccc(Cl)cc2)nc(C)n1. The van der Waals surface area contributed by atoms with Crippen LogP contribution in [0.4, 0.5) is 5.82 Å². The van der Waals surface area contributed by atoms with Crippen molar-refractivity contribution in [3.63, 3.8) is 0 Å². The average molecular weight is 397 g/mol. The van der Waals surface area contributed by atoms with Gasteiger partial charge in [0.25, 0.3) is 5.91 Å². The molecule has 3 aromatic rings. The third-order valence-corrected chi connectivity index (χ3v) is 4.34. The van der Waals surface area contributed by atoms with Crippen molar-refractivity contribution in [1.29, 1.82) is 0 Å². The number of nitrogens with zero attached hydrogens (tertiary/aromatic N) is 2. The number of hydrogen-bond acceptors (Lipinski definition) is 5. The molecular formula is C21H21ClN4O2. The largest absolute Gasteiger partial charge is 0.496 e. The molecule has 2 N–H and O–H groups in total. The molecule has 0 saturated carbocycles. The number of aryl methyl sites for hydroxylation is 1. The van der Waals surface area contributed by atoms with Crippen LogP contribution in [-0.4, -0.2) is 23.0 Å². The maximum absolute atomic E-state index is 12.5. The van der Waals surface area contributed by atoms with Crippen LogP contribution in [0.5, 0.6) is 5.75 Å². The Kier molecular flexibility index (Phi) is 6.45. The van der Waals surface area contributed by atoms with E-state index >= 15 is 0 Å². The second-order valence-electron chi connectivity index (χ2n) is 6.16. The molecule has 0 fully saturated rings. The van der Waals surface area contributed by atoms with Gasteiger partial charge in [0, 0.05) is 29.7 Å². The highest BCUT2D eigenvalue weighted by Crippen LogP contribution is 2.18. The van der Waals surface area contributed by atoms with Crippen molar-refractivity contribution in [1.82, 2.24) is 15.3 Å².